The number of carboxylic acids is 1. The van der Waals surface area contributed by atoms with Gasteiger partial charge in [0.2, 0.25) is 12.2 Å². The molecule has 0 radical (unpaired) electrons. The number of nitrogens with zero attached hydrogens (tertiary/aromatic N) is 4. The molecule has 0 bridgehead atoms. The van der Waals surface area contributed by atoms with E-state index in [1.165, 1.54) is 23.6 Å². The molecule has 2 amide bonds. The largest absolute Gasteiger partial charge is 0.543 e. The number of thioether (sulfide) groups is 1. The van der Waals surface area contributed by atoms with Gasteiger partial charge in [0.25, 0.3) is 5.91 Å². The van der Waals surface area contributed by atoms with Gasteiger partial charge in [0.05, 0.1) is 35.4 Å². The van der Waals surface area contributed by atoms with E-state index in [0.717, 1.165) is 0 Å². The summed E-state index contributed by atoms with van der Waals surface area (Å²) in [6, 6.07) is -1.35. The van der Waals surface area contributed by atoms with Crippen LogP contribution in [0.3, 0.4) is 0 Å². The number of hydrogen-bond donors (Lipinski definition) is 1. The maximum absolute atomic E-state index is 12.7. The van der Waals surface area contributed by atoms with Crippen LogP contribution in [0, 0.1) is 11.8 Å². The van der Waals surface area contributed by atoms with E-state index in [-0.39, 0.29) is 16.9 Å². The number of nitrogens with one attached hydrogen (secondary N) is 1. The molecule has 9 nitrogen and oxygen atoms in total. The predicted octanol–water partition coefficient (Wildman–Crippen LogP) is -1.51. The van der Waals surface area contributed by atoms with Crippen molar-refractivity contribution in [1.82, 2.24) is 19.9 Å². The minimum atomic E-state index is -3.18. The first-order chi connectivity index (χ1) is 13.7. The fourth-order valence-corrected chi connectivity index (χ4v) is 5.87. The molecule has 1 saturated heterocycles. The Labute approximate surface area is 168 Å². The van der Waals surface area contributed by atoms with Crippen LogP contribution >= 0.6 is 11.8 Å². The molecule has 156 valence electrons. The predicted molar refractivity (Wildman–Crippen MR) is 92.7 cm³/mol. The van der Waals surface area contributed by atoms with Crippen molar-refractivity contribution in [3.05, 3.63) is 23.3 Å². The summed E-state index contributed by atoms with van der Waals surface area (Å²) in [4.78, 5) is 41.5. The molecule has 0 spiro atoms. The maximum atomic E-state index is 12.7. The van der Waals surface area contributed by atoms with Crippen LogP contribution in [-0.2, 0) is 27.5 Å². The molecule has 1 aromatic rings. The van der Waals surface area contributed by atoms with Crippen molar-refractivity contribution >= 4 is 29.5 Å². The van der Waals surface area contributed by atoms with E-state index in [1.807, 2.05) is 9.36 Å². The van der Waals surface area contributed by atoms with E-state index >= 15 is 0 Å². The Balaban J connectivity index is 1.53. The molecule has 4 rings (SSSR count). The van der Waals surface area contributed by atoms with Crippen LogP contribution in [0.1, 0.15) is 13.8 Å². The van der Waals surface area contributed by atoms with Gasteiger partial charge in [0.15, 0.2) is 0 Å². The first-order valence-electron chi connectivity index (χ1n) is 9.14. The van der Waals surface area contributed by atoms with Crippen molar-refractivity contribution in [2.75, 3.05) is 0 Å². The van der Waals surface area contributed by atoms with Crippen LogP contribution in [-0.4, -0.2) is 56.1 Å². The zero-order chi connectivity index (χ0) is 21.0. The number of β-lactam (4-membered cyclic amide) rings is 1. The minimum Gasteiger partial charge on any atom is -0.543 e. The van der Waals surface area contributed by atoms with Gasteiger partial charge < -0.3 is 20.1 Å². The molecule has 0 aromatic carbocycles. The number of alkyl halides is 2. The molecule has 4 heterocycles. The first kappa shape index (κ1) is 19.8. The molecule has 3 aliphatic rings. The zero-order valence-corrected chi connectivity index (χ0v) is 16.4. The molecule has 29 heavy (non-hydrogen) atoms. The summed E-state index contributed by atoms with van der Waals surface area (Å²) in [5.74, 6) is -4.48. The van der Waals surface area contributed by atoms with Crippen molar-refractivity contribution in [2.45, 2.75) is 50.7 Å². The fraction of sp³-hybridized carbons (Fsp3) is 0.588. The Hall–Kier alpha value is -2.50. The van der Waals surface area contributed by atoms with Gasteiger partial charge in [-0.15, -0.1) is 11.8 Å². The third kappa shape index (κ3) is 3.09. The van der Waals surface area contributed by atoms with Gasteiger partial charge in [-0.3, -0.25) is 9.59 Å². The number of amides is 2. The molecule has 0 saturated carbocycles. The Morgan fingerprint density at radius 1 is 1.45 bits per heavy atom. The molecular weight excluding hydrogens is 408 g/mol. The SMILES string of the molecule is CC(NC(=O)C(F)F)[C@H]1C(=O)N2C(C(=O)[O-])=C(SC3Cn4cnc[n+]4C3)[C@H](C)[C@H]12. The number of aromatic nitrogens is 3. The number of rotatable bonds is 6. The van der Waals surface area contributed by atoms with Crippen LogP contribution in [0.5, 0.6) is 0 Å². The van der Waals surface area contributed by atoms with Gasteiger partial charge in [-0.05, 0) is 11.9 Å². The van der Waals surface area contributed by atoms with Crippen LogP contribution in [0.2, 0.25) is 0 Å². The summed E-state index contributed by atoms with van der Waals surface area (Å²) in [6.07, 6.45) is 0.194. The number of carboxylic acid groups (broad SMARTS) is 1. The lowest BCUT2D eigenvalue weighted by Crippen LogP contribution is -2.66. The lowest BCUT2D eigenvalue weighted by molar-refractivity contribution is -0.758. The molecular formula is C17H19F2N5O4S. The summed E-state index contributed by atoms with van der Waals surface area (Å²) in [6.45, 7) is 4.57. The highest BCUT2D eigenvalue weighted by Crippen LogP contribution is 2.51. The van der Waals surface area contributed by atoms with Crippen molar-refractivity contribution in [1.29, 1.82) is 0 Å². The number of fused-ring (bicyclic) bond motifs is 2. The number of carbonyl (C=O) groups excluding carboxylic acids is 3. The van der Waals surface area contributed by atoms with Gasteiger partial charge in [-0.1, -0.05) is 6.92 Å². The van der Waals surface area contributed by atoms with Crippen LogP contribution in [0.25, 0.3) is 0 Å². The second-order valence-corrected chi connectivity index (χ2v) is 8.82. The van der Waals surface area contributed by atoms with E-state index < -0.39 is 42.2 Å². The van der Waals surface area contributed by atoms with Crippen molar-refractivity contribution in [3.8, 4) is 0 Å². The Kier molecular flexibility index (Phi) is 4.83. The second kappa shape index (κ2) is 7.08. The number of hydrogen-bond acceptors (Lipinski definition) is 6. The average Bonchev–Trinajstić information content (AvgIpc) is 3.28. The molecule has 0 aliphatic carbocycles. The van der Waals surface area contributed by atoms with Gasteiger partial charge in [-0.25, -0.2) is 0 Å². The molecule has 1 fully saturated rings. The molecule has 12 heteroatoms. The van der Waals surface area contributed by atoms with E-state index in [9.17, 15) is 28.3 Å². The summed E-state index contributed by atoms with van der Waals surface area (Å²) in [5, 5.41) is 14.0. The van der Waals surface area contributed by atoms with Gasteiger partial charge in [0.1, 0.15) is 6.54 Å². The highest BCUT2D eigenvalue weighted by atomic mass is 32.2. The Morgan fingerprint density at radius 3 is 2.79 bits per heavy atom. The first-order valence-corrected chi connectivity index (χ1v) is 10.0. The topological polar surface area (TPSA) is 111 Å². The molecule has 3 aliphatic heterocycles. The standard InChI is InChI=1S/C17H19F2N5O4S/c1-7-11-10(8(2)21-15(25)14(18)19)16(26)24(11)12(17(27)28)13(7)29-9-3-22-5-20-6-23(22)4-9/h5-11,14H,3-4H2,1-2H3,(H-,21,25,27,28)/t7-,8?,10-,11-/m1/s1. The Morgan fingerprint density at radius 2 is 2.17 bits per heavy atom. The van der Waals surface area contributed by atoms with Gasteiger partial charge in [0, 0.05) is 16.9 Å². The zero-order valence-electron chi connectivity index (χ0n) is 15.6. The fourth-order valence-electron chi connectivity index (χ4n) is 4.41. The van der Waals surface area contributed by atoms with E-state index in [2.05, 4.69) is 10.3 Å². The highest BCUT2D eigenvalue weighted by molar-refractivity contribution is 8.03. The van der Waals surface area contributed by atoms with E-state index in [0.29, 0.717) is 18.0 Å². The minimum absolute atomic E-state index is 0.0630. The van der Waals surface area contributed by atoms with Crippen LogP contribution < -0.4 is 15.1 Å². The van der Waals surface area contributed by atoms with Crippen LogP contribution in [0.15, 0.2) is 23.3 Å². The summed E-state index contributed by atoms with van der Waals surface area (Å²) < 4.78 is 28.9. The van der Waals surface area contributed by atoms with Crippen molar-refractivity contribution < 1.29 is 33.0 Å². The third-order valence-electron chi connectivity index (χ3n) is 5.69. The summed E-state index contributed by atoms with van der Waals surface area (Å²) in [5.41, 5.74) is -0.152. The molecule has 1 aromatic heterocycles. The number of aliphatic carboxylic acids is 1. The number of carbonyl (C=O) groups is 3. The quantitative estimate of drug-likeness (QED) is 0.437. The van der Waals surface area contributed by atoms with E-state index in [1.54, 1.807) is 19.6 Å². The smallest absolute Gasteiger partial charge is 0.315 e. The lowest BCUT2D eigenvalue weighted by atomic mass is 9.78. The number of halogens is 2. The normalized spacial score (nSPS) is 29.0. The molecule has 1 unspecified atom stereocenters. The molecule has 1 N–H and O–H groups in total. The second-order valence-electron chi connectivity index (χ2n) is 7.48. The Bertz CT molecular complexity index is 899. The maximum Gasteiger partial charge on any atom is 0.315 e. The van der Waals surface area contributed by atoms with E-state index in [4.69, 9.17) is 0 Å². The summed E-state index contributed by atoms with van der Waals surface area (Å²) >= 11 is 1.39. The van der Waals surface area contributed by atoms with Crippen molar-refractivity contribution in [2.24, 2.45) is 11.8 Å². The van der Waals surface area contributed by atoms with Gasteiger partial charge >= 0.3 is 12.8 Å². The van der Waals surface area contributed by atoms with Crippen molar-refractivity contribution in [3.63, 3.8) is 0 Å². The van der Waals surface area contributed by atoms with Gasteiger partial charge in [-0.2, -0.15) is 18.1 Å². The monoisotopic (exact) mass is 427 g/mol. The lowest BCUT2D eigenvalue weighted by Gasteiger charge is -2.48. The third-order valence-corrected chi connectivity index (χ3v) is 7.14. The highest BCUT2D eigenvalue weighted by Gasteiger charge is 2.59. The average molecular weight is 427 g/mol. The summed E-state index contributed by atoms with van der Waals surface area (Å²) in [7, 11) is 0. The van der Waals surface area contributed by atoms with Crippen LogP contribution in [0.4, 0.5) is 8.78 Å². The molecule has 4 atom stereocenters.